The van der Waals surface area contributed by atoms with Crippen LogP contribution in [0.1, 0.15) is 65.2 Å². The molecule has 2 fully saturated rings. The van der Waals surface area contributed by atoms with Gasteiger partial charge in [-0.25, -0.2) is 0 Å². The predicted molar refractivity (Wildman–Crippen MR) is 83.1 cm³/mol. The zero-order valence-electron chi connectivity index (χ0n) is 13.5. The standard InChI is InChI=1S/C17H33NO2/c1-15(2)7-12-19-13-11-18-14-16-6-10-17(20-16)8-4-3-5-9-17/h15-16,18H,3-14H2,1-2H3. The van der Waals surface area contributed by atoms with E-state index in [1.165, 1.54) is 44.9 Å². The molecule has 1 saturated heterocycles. The van der Waals surface area contributed by atoms with Gasteiger partial charge in [0.15, 0.2) is 0 Å². The highest BCUT2D eigenvalue weighted by Crippen LogP contribution is 2.41. The van der Waals surface area contributed by atoms with Crippen LogP contribution in [-0.4, -0.2) is 38.0 Å². The Morgan fingerprint density at radius 2 is 1.95 bits per heavy atom. The lowest BCUT2D eigenvalue weighted by Crippen LogP contribution is -2.35. The van der Waals surface area contributed by atoms with E-state index in [0.717, 1.165) is 38.6 Å². The van der Waals surface area contributed by atoms with Crippen LogP contribution in [0.4, 0.5) is 0 Å². The van der Waals surface area contributed by atoms with E-state index in [4.69, 9.17) is 9.47 Å². The summed E-state index contributed by atoms with van der Waals surface area (Å²) in [4.78, 5) is 0. The zero-order chi connectivity index (χ0) is 14.3. The minimum atomic E-state index is 0.262. The van der Waals surface area contributed by atoms with Crippen LogP contribution in [0.5, 0.6) is 0 Å². The lowest BCUT2D eigenvalue weighted by molar-refractivity contribution is -0.0625. The molecule has 2 aliphatic rings. The highest BCUT2D eigenvalue weighted by Gasteiger charge is 2.40. The molecule has 1 unspecified atom stereocenters. The van der Waals surface area contributed by atoms with Crippen molar-refractivity contribution >= 4 is 0 Å². The maximum absolute atomic E-state index is 6.35. The summed E-state index contributed by atoms with van der Waals surface area (Å²) in [7, 11) is 0. The van der Waals surface area contributed by atoms with Crippen molar-refractivity contribution in [3.8, 4) is 0 Å². The first kappa shape index (κ1) is 16.3. The Kier molecular flexibility index (Phi) is 6.79. The molecule has 1 N–H and O–H groups in total. The van der Waals surface area contributed by atoms with Gasteiger partial charge in [-0.3, -0.25) is 0 Å². The fourth-order valence-electron chi connectivity index (χ4n) is 3.43. The van der Waals surface area contributed by atoms with Gasteiger partial charge in [-0.05, 0) is 38.0 Å². The molecular formula is C17H33NO2. The molecule has 3 heteroatoms. The third-order valence-electron chi connectivity index (χ3n) is 4.74. The SMILES string of the molecule is CC(C)CCOCCNCC1CCC2(CCCCC2)O1. The van der Waals surface area contributed by atoms with Gasteiger partial charge < -0.3 is 14.8 Å². The molecule has 0 aromatic rings. The summed E-state index contributed by atoms with van der Waals surface area (Å²) in [5, 5.41) is 3.49. The monoisotopic (exact) mass is 283 g/mol. The van der Waals surface area contributed by atoms with E-state index in [-0.39, 0.29) is 5.60 Å². The summed E-state index contributed by atoms with van der Waals surface area (Å²) >= 11 is 0. The van der Waals surface area contributed by atoms with Crippen LogP contribution in [-0.2, 0) is 9.47 Å². The Hall–Kier alpha value is -0.120. The summed E-state index contributed by atoms with van der Waals surface area (Å²) in [5.41, 5.74) is 0.262. The average Bonchev–Trinajstić information content (AvgIpc) is 2.81. The van der Waals surface area contributed by atoms with Crippen LogP contribution >= 0.6 is 0 Å². The number of nitrogens with one attached hydrogen (secondary N) is 1. The minimum absolute atomic E-state index is 0.262. The molecule has 1 saturated carbocycles. The van der Waals surface area contributed by atoms with Crippen LogP contribution in [0.3, 0.4) is 0 Å². The smallest absolute Gasteiger partial charge is 0.0708 e. The molecular weight excluding hydrogens is 250 g/mol. The topological polar surface area (TPSA) is 30.5 Å². The highest BCUT2D eigenvalue weighted by atomic mass is 16.5. The summed E-state index contributed by atoms with van der Waals surface area (Å²) < 4.78 is 12.0. The third-order valence-corrected chi connectivity index (χ3v) is 4.74. The lowest BCUT2D eigenvalue weighted by Gasteiger charge is -2.33. The van der Waals surface area contributed by atoms with E-state index in [1.807, 2.05) is 0 Å². The van der Waals surface area contributed by atoms with Crippen LogP contribution in [0.25, 0.3) is 0 Å². The summed E-state index contributed by atoms with van der Waals surface area (Å²) in [6.45, 7) is 8.13. The maximum atomic E-state index is 6.35. The van der Waals surface area contributed by atoms with Gasteiger partial charge >= 0.3 is 0 Å². The Balaban J connectivity index is 1.48. The van der Waals surface area contributed by atoms with E-state index in [9.17, 15) is 0 Å². The van der Waals surface area contributed by atoms with Gasteiger partial charge in [-0.15, -0.1) is 0 Å². The normalized spacial score (nSPS) is 25.6. The molecule has 1 heterocycles. The molecule has 2 rings (SSSR count). The van der Waals surface area contributed by atoms with Crippen LogP contribution < -0.4 is 5.32 Å². The molecule has 20 heavy (non-hydrogen) atoms. The molecule has 1 spiro atoms. The molecule has 3 nitrogen and oxygen atoms in total. The third kappa shape index (κ3) is 5.34. The predicted octanol–water partition coefficient (Wildman–Crippen LogP) is 3.52. The molecule has 118 valence electrons. The first-order valence-corrected chi connectivity index (χ1v) is 8.66. The molecule has 1 aliphatic heterocycles. The van der Waals surface area contributed by atoms with E-state index >= 15 is 0 Å². The fraction of sp³-hybridized carbons (Fsp3) is 1.00. The second kappa shape index (κ2) is 8.35. The molecule has 0 radical (unpaired) electrons. The van der Waals surface area contributed by atoms with Crippen molar-refractivity contribution in [2.24, 2.45) is 5.92 Å². The highest BCUT2D eigenvalue weighted by molar-refractivity contribution is 4.91. The van der Waals surface area contributed by atoms with E-state index in [0.29, 0.717) is 6.10 Å². The van der Waals surface area contributed by atoms with E-state index < -0.39 is 0 Å². The Labute approximate surface area is 124 Å². The Bertz CT molecular complexity index is 262. The second-order valence-corrected chi connectivity index (χ2v) is 7.02. The summed E-state index contributed by atoms with van der Waals surface area (Å²) in [6, 6.07) is 0. The molecule has 0 amide bonds. The molecule has 1 aliphatic carbocycles. The maximum Gasteiger partial charge on any atom is 0.0708 e. The second-order valence-electron chi connectivity index (χ2n) is 7.02. The van der Waals surface area contributed by atoms with Crippen molar-refractivity contribution in [3.63, 3.8) is 0 Å². The van der Waals surface area contributed by atoms with Crippen LogP contribution in [0, 0.1) is 5.92 Å². The van der Waals surface area contributed by atoms with Gasteiger partial charge in [0.05, 0.1) is 18.3 Å². The minimum Gasteiger partial charge on any atom is -0.380 e. The quantitative estimate of drug-likeness (QED) is 0.691. The van der Waals surface area contributed by atoms with Crippen LogP contribution in [0.15, 0.2) is 0 Å². The van der Waals surface area contributed by atoms with E-state index in [2.05, 4.69) is 19.2 Å². The van der Waals surface area contributed by atoms with Gasteiger partial charge in [-0.1, -0.05) is 33.1 Å². The van der Waals surface area contributed by atoms with Crippen LogP contribution in [0.2, 0.25) is 0 Å². The van der Waals surface area contributed by atoms with Gasteiger partial charge in [0.2, 0.25) is 0 Å². The zero-order valence-corrected chi connectivity index (χ0v) is 13.5. The van der Waals surface area contributed by atoms with Crippen molar-refractivity contribution < 1.29 is 9.47 Å². The number of hydrogen-bond acceptors (Lipinski definition) is 3. The van der Waals surface area contributed by atoms with Gasteiger partial charge in [0, 0.05) is 19.7 Å². The van der Waals surface area contributed by atoms with Crippen molar-refractivity contribution in [2.45, 2.75) is 76.9 Å². The van der Waals surface area contributed by atoms with Gasteiger partial charge in [0.25, 0.3) is 0 Å². The van der Waals surface area contributed by atoms with Crippen molar-refractivity contribution in [2.75, 3.05) is 26.3 Å². The lowest BCUT2D eigenvalue weighted by atomic mass is 9.83. The van der Waals surface area contributed by atoms with E-state index in [1.54, 1.807) is 0 Å². The number of hydrogen-bond donors (Lipinski definition) is 1. The average molecular weight is 283 g/mol. The summed E-state index contributed by atoms with van der Waals surface area (Å²) in [6.07, 6.45) is 10.8. The summed E-state index contributed by atoms with van der Waals surface area (Å²) in [5.74, 6) is 0.738. The van der Waals surface area contributed by atoms with Gasteiger partial charge in [0.1, 0.15) is 0 Å². The first-order valence-electron chi connectivity index (χ1n) is 8.66. The van der Waals surface area contributed by atoms with Crippen molar-refractivity contribution in [1.82, 2.24) is 5.32 Å². The van der Waals surface area contributed by atoms with Crippen molar-refractivity contribution in [3.05, 3.63) is 0 Å². The number of rotatable bonds is 8. The molecule has 0 bridgehead atoms. The number of ether oxygens (including phenoxy) is 2. The first-order chi connectivity index (χ1) is 9.70. The molecule has 0 aromatic heterocycles. The largest absolute Gasteiger partial charge is 0.380 e. The van der Waals surface area contributed by atoms with Crippen molar-refractivity contribution in [1.29, 1.82) is 0 Å². The Morgan fingerprint density at radius 1 is 1.15 bits per heavy atom. The van der Waals surface area contributed by atoms with Gasteiger partial charge in [-0.2, -0.15) is 0 Å². The Morgan fingerprint density at radius 3 is 2.70 bits per heavy atom. The molecule has 1 atom stereocenters. The molecule has 0 aromatic carbocycles. The fourth-order valence-corrected chi connectivity index (χ4v) is 3.43.